The number of rotatable bonds is 5. The minimum atomic E-state index is -3.66. The summed E-state index contributed by atoms with van der Waals surface area (Å²) in [6, 6.07) is 7.11. The van der Waals surface area contributed by atoms with E-state index in [1.807, 2.05) is 32.0 Å². The second-order valence-corrected chi connectivity index (χ2v) is 6.43. The average molecular weight is 281 g/mol. The highest BCUT2D eigenvalue weighted by Crippen LogP contribution is 2.24. The van der Waals surface area contributed by atoms with Gasteiger partial charge in [-0.25, -0.2) is 8.42 Å². The topological polar surface area (TPSA) is 73.2 Å². The van der Waals surface area contributed by atoms with Crippen molar-refractivity contribution in [3.05, 3.63) is 23.8 Å². The number of hydrogen-bond donors (Lipinski definition) is 1. The van der Waals surface area contributed by atoms with Crippen molar-refractivity contribution in [2.24, 2.45) is 0 Å². The molecule has 0 saturated heterocycles. The van der Waals surface area contributed by atoms with Crippen molar-refractivity contribution in [3.63, 3.8) is 0 Å². The predicted molar refractivity (Wildman–Crippen MR) is 77.7 cm³/mol. The highest BCUT2D eigenvalue weighted by molar-refractivity contribution is 7.93. The first-order valence-electron chi connectivity index (χ1n) is 6.01. The van der Waals surface area contributed by atoms with Crippen molar-refractivity contribution in [2.75, 3.05) is 23.7 Å². The van der Waals surface area contributed by atoms with Crippen LogP contribution >= 0.6 is 0 Å². The normalized spacial score (nSPS) is 12.6. The SMILES string of the molecule is CCC(C#N)S(=O)(=O)Nc1ccc(C)c(N(C)C)c1. The number of sulfonamides is 1. The van der Waals surface area contributed by atoms with Crippen LogP contribution in [0.2, 0.25) is 0 Å². The molecular weight excluding hydrogens is 262 g/mol. The van der Waals surface area contributed by atoms with Crippen LogP contribution in [0, 0.1) is 18.3 Å². The van der Waals surface area contributed by atoms with Crippen molar-refractivity contribution in [1.29, 1.82) is 5.26 Å². The lowest BCUT2D eigenvalue weighted by Crippen LogP contribution is -2.26. The molecule has 0 aliphatic carbocycles. The lowest BCUT2D eigenvalue weighted by molar-refractivity contribution is 0.593. The summed E-state index contributed by atoms with van der Waals surface area (Å²) < 4.78 is 26.4. The summed E-state index contributed by atoms with van der Waals surface area (Å²) in [6.45, 7) is 3.63. The van der Waals surface area contributed by atoms with Gasteiger partial charge in [0.15, 0.2) is 5.25 Å². The molecule has 0 radical (unpaired) electrons. The van der Waals surface area contributed by atoms with Crippen LogP contribution in [0.15, 0.2) is 18.2 Å². The fourth-order valence-electron chi connectivity index (χ4n) is 1.77. The number of aryl methyl sites for hydroxylation is 1. The van der Waals surface area contributed by atoms with Gasteiger partial charge in [-0.05, 0) is 31.0 Å². The quantitative estimate of drug-likeness (QED) is 0.897. The predicted octanol–water partition coefficient (Wildman–Crippen LogP) is 2.10. The van der Waals surface area contributed by atoms with Crippen LogP contribution in [-0.4, -0.2) is 27.8 Å². The highest BCUT2D eigenvalue weighted by Gasteiger charge is 2.23. The Balaban J connectivity index is 3.08. The van der Waals surface area contributed by atoms with E-state index in [4.69, 9.17) is 5.26 Å². The Bertz CT molecular complexity index is 588. The molecular formula is C13H19N3O2S. The van der Waals surface area contributed by atoms with Gasteiger partial charge in [-0.3, -0.25) is 4.72 Å². The number of hydrogen-bond acceptors (Lipinski definition) is 4. The Morgan fingerprint density at radius 1 is 1.42 bits per heavy atom. The number of nitrogens with one attached hydrogen (secondary N) is 1. The molecule has 0 amide bonds. The summed E-state index contributed by atoms with van der Waals surface area (Å²) in [7, 11) is 0.127. The van der Waals surface area contributed by atoms with Crippen molar-refractivity contribution < 1.29 is 8.42 Å². The molecule has 1 aromatic rings. The van der Waals surface area contributed by atoms with Crippen molar-refractivity contribution in [1.82, 2.24) is 0 Å². The number of nitrogens with zero attached hydrogens (tertiary/aromatic N) is 2. The Morgan fingerprint density at radius 2 is 2.05 bits per heavy atom. The van der Waals surface area contributed by atoms with E-state index in [-0.39, 0.29) is 6.42 Å². The Labute approximate surface area is 114 Å². The zero-order valence-electron chi connectivity index (χ0n) is 11.6. The minimum absolute atomic E-state index is 0.262. The molecule has 0 spiro atoms. The Morgan fingerprint density at radius 3 is 2.53 bits per heavy atom. The van der Waals surface area contributed by atoms with Crippen LogP contribution in [0.3, 0.4) is 0 Å². The van der Waals surface area contributed by atoms with Crippen LogP contribution in [0.5, 0.6) is 0 Å². The molecule has 5 nitrogen and oxygen atoms in total. The van der Waals surface area contributed by atoms with Gasteiger partial charge in [-0.2, -0.15) is 5.26 Å². The maximum absolute atomic E-state index is 12.0. The van der Waals surface area contributed by atoms with Crippen molar-refractivity contribution >= 4 is 21.4 Å². The molecule has 0 bridgehead atoms. The van der Waals surface area contributed by atoms with E-state index in [2.05, 4.69) is 4.72 Å². The van der Waals surface area contributed by atoms with E-state index in [0.29, 0.717) is 5.69 Å². The number of benzene rings is 1. The largest absolute Gasteiger partial charge is 0.377 e. The highest BCUT2D eigenvalue weighted by atomic mass is 32.2. The monoisotopic (exact) mass is 281 g/mol. The third-order valence-electron chi connectivity index (χ3n) is 2.84. The third-order valence-corrected chi connectivity index (χ3v) is 4.55. The van der Waals surface area contributed by atoms with Gasteiger partial charge < -0.3 is 4.90 Å². The lowest BCUT2D eigenvalue weighted by atomic mass is 10.2. The molecule has 0 heterocycles. The lowest BCUT2D eigenvalue weighted by Gasteiger charge is -2.18. The molecule has 19 heavy (non-hydrogen) atoms. The minimum Gasteiger partial charge on any atom is -0.377 e. The fraction of sp³-hybridized carbons (Fsp3) is 0.462. The van der Waals surface area contributed by atoms with Crippen molar-refractivity contribution in [3.8, 4) is 6.07 Å². The molecule has 0 aromatic heterocycles. The van der Waals surface area contributed by atoms with E-state index in [1.165, 1.54) is 0 Å². The molecule has 0 aliphatic heterocycles. The molecule has 0 saturated carbocycles. The smallest absolute Gasteiger partial charge is 0.249 e. The van der Waals surface area contributed by atoms with E-state index < -0.39 is 15.3 Å². The fourth-order valence-corrected chi connectivity index (χ4v) is 2.95. The van der Waals surface area contributed by atoms with Crippen LogP contribution in [-0.2, 0) is 10.0 Å². The molecule has 0 fully saturated rings. The molecule has 0 aliphatic rings. The van der Waals surface area contributed by atoms with Gasteiger partial charge >= 0.3 is 0 Å². The zero-order valence-corrected chi connectivity index (χ0v) is 12.5. The van der Waals surface area contributed by atoms with E-state index in [9.17, 15) is 8.42 Å². The van der Waals surface area contributed by atoms with Gasteiger partial charge in [-0.15, -0.1) is 0 Å². The summed E-state index contributed by atoms with van der Waals surface area (Å²) in [5.74, 6) is 0. The molecule has 1 atom stereocenters. The van der Waals surface area contributed by atoms with Gasteiger partial charge in [-0.1, -0.05) is 13.0 Å². The molecule has 1 unspecified atom stereocenters. The molecule has 1 N–H and O–H groups in total. The average Bonchev–Trinajstić information content (AvgIpc) is 2.32. The summed E-state index contributed by atoms with van der Waals surface area (Å²) >= 11 is 0. The maximum Gasteiger partial charge on any atom is 0.249 e. The number of anilines is 2. The van der Waals surface area contributed by atoms with Gasteiger partial charge in [0, 0.05) is 19.8 Å². The number of nitriles is 1. The first kappa shape index (κ1) is 15.3. The third kappa shape index (κ3) is 3.61. The summed E-state index contributed by atoms with van der Waals surface area (Å²) in [4.78, 5) is 1.91. The second-order valence-electron chi connectivity index (χ2n) is 4.57. The Hall–Kier alpha value is -1.74. The maximum atomic E-state index is 12.0. The van der Waals surface area contributed by atoms with Gasteiger partial charge in [0.2, 0.25) is 10.0 Å². The van der Waals surface area contributed by atoms with Crippen LogP contribution in [0.1, 0.15) is 18.9 Å². The molecule has 104 valence electrons. The first-order chi connectivity index (χ1) is 8.81. The van der Waals surface area contributed by atoms with E-state index in [0.717, 1.165) is 11.3 Å². The summed E-state index contributed by atoms with van der Waals surface area (Å²) in [6.07, 6.45) is 0.262. The molecule has 1 aromatic carbocycles. The first-order valence-corrected chi connectivity index (χ1v) is 7.55. The van der Waals surface area contributed by atoms with Crippen LogP contribution in [0.4, 0.5) is 11.4 Å². The van der Waals surface area contributed by atoms with Gasteiger partial charge in [0.1, 0.15) is 0 Å². The van der Waals surface area contributed by atoms with E-state index >= 15 is 0 Å². The zero-order chi connectivity index (χ0) is 14.6. The van der Waals surface area contributed by atoms with Gasteiger partial charge in [0.05, 0.1) is 11.8 Å². The standard InChI is InChI=1S/C13H19N3O2S/c1-5-12(9-14)19(17,18)15-11-7-6-10(2)13(8-11)16(3)4/h6-8,12,15H,5H2,1-4H3. The summed E-state index contributed by atoms with van der Waals surface area (Å²) in [5, 5.41) is 7.82. The molecule has 6 heteroatoms. The summed E-state index contributed by atoms with van der Waals surface area (Å²) in [5.41, 5.74) is 2.47. The van der Waals surface area contributed by atoms with E-state index in [1.54, 1.807) is 25.1 Å². The van der Waals surface area contributed by atoms with Crippen molar-refractivity contribution in [2.45, 2.75) is 25.5 Å². The Kier molecular flexibility index (Phi) is 4.78. The molecule has 1 rings (SSSR count). The van der Waals surface area contributed by atoms with Gasteiger partial charge in [0.25, 0.3) is 0 Å². The van der Waals surface area contributed by atoms with Crippen LogP contribution in [0.25, 0.3) is 0 Å². The second kappa shape index (κ2) is 5.93. The van der Waals surface area contributed by atoms with Crippen LogP contribution < -0.4 is 9.62 Å².